The van der Waals surface area contributed by atoms with Gasteiger partial charge in [0.1, 0.15) is 36.1 Å². The van der Waals surface area contributed by atoms with Crippen LogP contribution in [0.5, 0.6) is 0 Å². The molecule has 3 heterocycles. The Morgan fingerprint density at radius 1 is 1.07 bits per heavy atom. The van der Waals surface area contributed by atoms with Crippen LogP contribution in [0.3, 0.4) is 0 Å². The molecule has 3 saturated heterocycles. The molecule has 7 rings (SSSR count). The van der Waals surface area contributed by atoms with E-state index in [1.807, 2.05) is 12.2 Å². The Morgan fingerprint density at radius 2 is 1.75 bits per heavy atom. The number of rotatable bonds is 11. The second-order valence-corrected chi connectivity index (χ2v) is 18.5. The van der Waals surface area contributed by atoms with Crippen molar-refractivity contribution in [3.63, 3.8) is 0 Å². The van der Waals surface area contributed by atoms with Crippen molar-refractivity contribution in [2.45, 2.75) is 153 Å². The van der Waals surface area contributed by atoms with Gasteiger partial charge in [-0.3, -0.25) is 9.69 Å². The molecule has 12 atom stereocenters. The van der Waals surface area contributed by atoms with Crippen LogP contribution >= 0.6 is 0 Å². The number of aliphatic hydroxyl groups excluding tert-OH is 1. The largest absolute Gasteiger partial charge is 0.456 e. The number of amides is 1. The minimum absolute atomic E-state index is 0.0754. The predicted molar refractivity (Wildman–Crippen MR) is 206 cm³/mol. The van der Waals surface area contributed by atoms with Gasteiger partial charge in [-0.2, -0.15) is 0 Å². The highest BCUT2D eigenvalue weighted by atomic mass is 19.3. The zero-order valence-corrected chi connectivity index (χ0v) is 35.4. The summed E-state index contributed by atoms with van der Waals surface area (Å²) in [4.78, 5) is 56.0. The molecular weight excluding hydrogens is 790 g/mol. The molecule has 17 heteroatoms. The monoisotopic (exact) mass is 848 g/mol. The van der Waals surface area contributed by atoms with Crippen molar-refractivity contribution < 1.29 is 71.3 Å². The summed E-state index contributed by atoms with van der Waals surface area (Å²) in [7, 11) is 0. The van der Waals surface area contributed by atoms with E-state index in [0.29, 0.717) is 37.5 Å². The molecule has 1 aromatic rings. The highest BCUT2D eigenvalue weighted by Crippen LogP contribution is 2.66. The van der Waals surface area contributed by atoms with E-state index in [4.69, 9.17) is 33.2 Å². The van der Waals surface area contributed by atoms with Crippen LogP contribution in [-0.2, 0) is 42.7 Å². The van der Waals surface area contributed by atoms with Crippen molar-refractivity contribution in [1.82, 2.24) is 10.2 Å². The first kappa shape index (κ1) is 44.3. The van der Waals surface area contributed by atoms with Crippen molar-refractivity contribution in [1.29, 1.82) is 0 Å². The molecule has 6 aliphatic rings. The van der Waals surface area contributed by atoms with Crippen LogP contribution in [0.25, 0.3) is 0 Å². The van der Waals surface area contributed by atoms with Crippen LogP contribution in [0, 0.1) is 16.7 Å². The van der Waals surface area contributed by atoms with Crippen LogP contribution in [0.2, 0.25) is 0 Å². The third-order valence-corrected chi connectivity index (χ3v) is 13.9. The molecule has 332 valence electrons. The van der Waals surface area contributed by atoms with E-state index >= 15 is 0 Å². The predicted octanol–water partition coefficient (Wildman–Crippen LogP) is 4.07. The highest BCUT2D eigenvalue weighted by Gasteiger charge is 2.77. The Kier molecular flexibility index (Phi) is 11.7. The number of alkyl carbamates (subject to hydrolysis) is 1. The van der Waals surface area contributed by atoms with E-state index in [1.165, 1.54) is 20.8 Å². The fourth-order valence-electron chi connectivity index (χ4n) is 10.7. The molecule has 1 amide bonds. The number of alkyl halides is 2. The van der Waals surface area contributed by atoms with Gasteiger partial charge in [0.2, 0.25) is 0 Å². The Hall–Kier alpha value is -3.74. The Labute approximate surface area is 348 Å². The first-order chi connectivity index (χ1) is 28.0. The second kappa shape index (κ2) is 15.9. The number of hydrogen-bond donors (Lipinski definition) is 3. The summed E-state index contributed by atoms with van der Waals surface area (Å²) < 4.78 is 73.6. The number of nitrogens with zero attached hydrogens (tertiary/aromatic N) is 1. The van der Waals surface area contributed by atoms with Gasteiger partial charge in [-0.05, 0) is 76.4 Å². The lowest BCUT2D eigenvalue weighted by atomic mass is 9.45. The number of aliphatic hydroxyl groups is 2. The van der Waals surface area contributed by atoms with Crippen molar-refractivity contribution >= 4 is 24.0 Å². The average molecular weight is 849 g/mol. The molecule has 2 bridgehead atoms. The van der Waals surface area contributed by atoms with Gasteiger partial charge in [-0.25, -0.2) is 23.2 Å². The summed E-state index contributed by atoms with van der Waals surface area (Å²) >= 11 is 0. The van der Waals surface area contributed by atoms with E-state index in [9.17, 15) is 38.2 Å². The maximum atomic E-state index is 15.0. The summed E-state index contributed by atoms with van der Waals surface area (Å²) in [6, 6.07) is 5.73. The number of likely N-dealkylation sites (tertiary alicyclic amines) is 1. The SMILES string of the molecule is CC(=O)O[C@@]12CO[C@@H]1CC[C@@]1(C)[C@@H]3O[C@H](CN4CCC4)O[C@@H]3C3=C(C)[C@@H](OC(=O)[C@H](O)[C@@H](NC(=O)OC(C)C)C(C)(F)F)C[C@@](O)([C@@H](OC(=O)c4ccccc4)[C@@H]12)C3(C)C. The Bertz CT molecular complexity index is 1870. The van der Waals surface area contributed by atoms with Crippen molar-refractivity contribution in [2.75, 3.05) is 26.2 Å². The van der Waals surface area contributed by atoms with Crippen molar-refractivity contribution in [3.8, 4) is 0 Å². The lowest BCUT2D eigenvalue weighted by molar-refractivity contribution is -0.345. The van der Waals surface area contributed by atoms with Gasteiger partial charge < -0.3 is 48.7 Å². The van der Waals surface area contributed by atoms with Gasteiger partial charge in [0.05, 0.1) is 30.3 Å². The quantitative estimate of drug-likeness (QED) is 0.164. The fraction of sp³-hybridized carbons (Fsp3) is 0.721. The smallest absolute Gasteiger partial charge is 0.407 e. The van der Waals surface area contributed by atoms with Crippen LogP contribution in [0.4, 0.5) is 13.6 Å². The topological polar surface area (TPSA) is 189 Å². The lowest BCUT2D eigenvalue weighted by Gasteiger charge is -2.68. The van der Waals surface area contributed by atoms with Crippen LogP contribution < -0.4 is 5.32 Å². The standard InChI is InChI=1S/C43H58F2N2O13/c1-22(2)55-38(52)46-33(41(8,44)45)30(49)37(51)56-26-19-43(53)35(59-36(50)25-13-10-9-11-14-25)32-40(7,16-15-27-42(32,21-54-27)60-24(4)48)34-31(29(23(26)3)39(43,5)6)57-28(58-34)20-47-17-12-18-47/h9-11,13-14,22,26-28,30-35,49,53H,12,15-21H2,1-8H3,(H,46,52)/t26-,27+,28+,30+,31+,32-,33+,34+,35-,40+,42-,43+/m0/s1. The van der Waals surface area contributed by atoms with E-state index in [1.54, 1.807) is 51.1 Å². The van der Waals surface area contributed by atoms with Gasteiger partial charge in [-0.15, -0.1) is 0 Å². The zero-order chi connectivity index (χ0) is 43.7. The number of halogens is 2. The number of nitrogens with one attached hydrogen (secondary N) is 1. The van der Waals surface area contributed by atoms with E-state index < -0.39 is 119 Å². The molecule has 1 aromatic carbocycles. The summed E-state index contributed by atoms with van der Waals surface area (Å²) in [5.74, 6) is -7.75. The van der Waals surface area contributed by atoms with Gasteiger partial charge in [-0.1, -0.05) is 39.0 Å². The van der Waals surface area contributed by atoms with Gasteiger partial charge in [0.25, 0.3) is 5.92 Å². The van der Waals surface area contributed by atoms with Crippen molar-refractivity contribution in [3.05, 3.63) is 47.0 Å². The molecular formula is C43H58F2N2O13. The molecule has 0 radical (unpaired) electrons. The molecule has 3 aliphatic carbocycles. The molecule has 0 spiro atoms. The summed E-state index contributed by atoms with van der Waals surface area (Å²) in [6.07, 6.45) is -9.14. The second-order valence-electron chi connectivity index (χ2n) is 18.5. The van der Waals surface area contributed by atoms with Gasteiger partial charge in [0.15, 0.2) is 18.0 Å². The number of fused-ring (bicyclic) bond motifs is 8. The Balaban J connectivity index is 1.38. The van der Waals surface area contributed by atoms with Crippen molar-refractivity contribution in [2.24, 2.45) is 16.7 Å². The zero-order valence-electron chi connectivity index (χ0n) is 35.4. The van der Waals surface area contributed by atoms with E-state index in [2.05, 4.69) is 4.90 Å². The first-order valence-electron chi connectivity index (χ1n) is 20.8. The van der Waals surface area contributed by atoms with E-state index in [0.717, 1.165) is 19.5 Å². The summed E-state index contributed by atoms with van der Waals surface area (Å²) in [6.45, 7) is 13.9. The average Bonchev–Trinajstić information content (AvgIpc) is 3.55. The number of esters is 3. The van der Waals surface area contributed by atoms with Crippen LogP contribution in [0.1, 0.15) is 91.4 Å². The molecule has 0 aromatic heterocycles. The summed E-state index contributed by atoms with van der Waals surface area (Å²) in [5, 5.41) is 26.8. The van der Waals surface area contributed by atoms with Crippen LogP contribution in [0.15, 0.2) is 41.5 Å². The third-order valence-electron chi connectivity index (χ3n) is 13.9. The number of ether oxygens (including phenoxy) is 7. The minimum Gasteiger partial charge on any atom is -0.456 e. The minimum atomic E-state index is -3.83. The maximum absolute atomic E-state index is 15.0. The molecule has 2 saturated carbocycles. The normalized spacial score (nSPS) is 36.7. The molecule has 60 heavy (non-hydrogen) atoms. The third kappa shape index (κ3) is 7.50. The molecule has 3 aliphatic heterocycles. The van der Waals surface area contributed by atoms with Gasteiger partial charge in [0, 0.05) is 37.6 Å². The molecule has 0 unspecified atom stereocenters. The number of carbonyl (C=O) groups excluding carboxylic acids is 4. The molecule has 5 fully saturated rings. The molecule has 3 N–H and O–H groups in total. The lowest BCUT2D eigenvalue weighted by Crippen LogP contribution is -2.79. The number of hydrogen-bond acceptors (Lipinski definition) is 14. The van der Waals surface area contributed by atoms with E-state index in [-0.39, 0.29) is 12.2 Å². The fourth-order valence-corrected chi connectivity index (χ4v) is 10.7. The molecule has 15 nitrogen and oxygen atoms in total. The van der Waals surface area contributed by atoms with Gasteiger partial charge >= 0.3 is 24.0 Å². The number of benzene rings is 1. The highest BCUT2D eigenvalue weighted by molar-refractivity contribution is 5.89. The summed E-state index contributed by atoms with van der Waals surface area (Å²) in [5.41, 5.74) is -4.90. The first-order valence-corrected chi connectivity index (χ1v) is 20.8. The Morgan fingerprint density at radius 3 is 2.32 bits per heavy atom. The maximum Gasteiger partial charge on any atom is 0.407 e. The number of carbonyl (C=O) groups is 4. The van der Waals surface area contributed by atoms with Crippen LogP contribution in [-0.4, -0.2) is 138 Å².